The summed E-state index contributed by atoms with van der Waals surface area (Å²) in [5, 5.41) is 0. The molecule has 0 bridgehead atoms. The first-order chi connectivity index (χ1) is 9.91. The average Bonchev–Trinajstić information content (AvgIpc) is 2.57. The SMILES string of the molecule is CC(C)(C)OC(=O)N1CCCC(B2OC(C)(C)C(C)(C)O2)C1. The zero-order chi connectivity index (χ0) is 16.8. The summed E-state index contributed by atoms with van der Waals surface area (Å²) >= 11 is 0. The Hall–Kier alpha value is -0.745. The van der Waals surface area contributed by atoms with Crippen LogP contribution in [0, 0.1) is 0 Å². The van der Waals surface area contributed by atoms with E-state index in [-0.39, 0.29) is 30.2 Å². The molecule has 2 aliphatic rings. The van der Waals surface area contributed by atoms with E-state index in [0.29, 0.717) is 6.54 Å². The third-order valence-corrected chi connectivity index (χ3v) is 4.77. The highest BCUT2D eigenvalue weighted by Crippen LogP contribution is 2.42. The van der Waals surface area contributed by atoms with Crippen LogP contribution >= 0.6 is 0 Å². The highest BCUT2D eigenvalue weighted by Gasteiger charge is 2.54. The molecule has 126 valence electrons. The topological polar surface area (TPSA) is 48.0 Å². The third kappa shape index (κ3) is 3.77. The molecule has 0 radical (unpaired) electrons. The van der Waals surface area contributed by atoms with Gasteiger partial charge in [0, 0.05) is 18.9 Å². The van der Waals surface area contributed by atoms with Gasteiger partial charge in [-0.2, -0.15) is 0 Å². The van der Waals surface area contributed by atoms with Crippen LogP contribution in [0.5, 0.6) is 0 Å². The predicted octanol–water partition coefficient (Wildman–Crippen LogP) is 3.48. The molecular weight excluding hydrogens is 281 g/mol. The van der Waals surface area contributed by atoms with E-state index >= 15 is 0 Å². The van der Waals surface area contributed by atoms with Crippen molar-refractivity contribution in [1.29, 1.82) is 0 Å². The molecule has 0 N–H and O–H groups in total. The molecule has 0 aliphatic carbocycles. The molecule has 2 aliphatic heterocycles. The van der Waals surface area contributed by atoms with Crippen molar-refractivity contribution in [3.05, 3.63) is 0 Å². The zero-order valence-electron chi connectivity index (χ0n) is 15.1. The van der Waals surface area contributed by atoms with Gasteiger partial charge in [0.2, 0.25) is 0 Å². The van der Waals surface area contributed by atoms with E-state index in [1.54, 1.807) is 4.90 Å². The number of amides is 1. The molecule has 22 heavy (non-hydrogen) atoms. The van der Waals surface area contributed by atoms with Crippen molar-refractivity contribution >= 4 is 13.2 Å². The van der Waals surface area contributed by atoms with Crippen LogP contribution in [-0.4, -0.2) is 48.0 Å². The van der Waals surface area contributed by atoms with Crippen molar-refractivity contribution in [2.24, 2.45) is 0 Å². The fraction of sp³-hybridized carbons (Fsp3) is 0.938. The lowest BCUT2D eigenvalue weighted by Gasteiger charge is -2.34. The smallest absolute Gasteiger partial charge is 0.444 e. The van der Waals surface area contributed by atoms with Crippen molar-refractivity contribution in [2.45, 2.75) is 83.9 Å². The normalized spacial score (nSPS) is 27.9. The van der Waals surface area contributed by atoms with E-state index in [9.17, 15) is 4.79 Å². The number of piperidine rings is 1. The Morgan fingerprint density at radius 2 is 1.73 bits per heavy atom. The molecule has 2 rings (SSSR count). The molecule has 5 nitrogen and oxygen atoms in total. The van der Waals surface area contributed by atoms with Crippen LogP contribution in [0.25, 0.3) is 0 Å². The second-order valence-corrected chi connectivity index (χ2v) is 8.45. The van der Waals surface area contributed by atoms with Crippen LogP contribution < -0.4 is 0 Å². The van der Waals surface area contributed by atoms with E-state index in [0.717, 1.165) is 19.4 Å². The van der Waals surface area contributed by atoms with Crippen molar-refractivity contribution in [3.8, 4) is 0 Å². The third-order valence-electron chi connectivity index (χ3n) is 4.77. The fourth-order valence-corrected chi connectivity index (χ4v) is 2.81. The Kier molecular flexibility index (Phi) is 4.57. The molecule has 0 aromatic rings. The number of likely N-dealkylation sites (tertiary alicyclic amines) is 1. The van der Waals surface area contributed by atoms with Gasteiger partial charge in [-0.15, -0.1) is 0 Å². The van der Waals surface area contributed by atoms with Crippen LogP contribution in [-0.2, 0) is 14.0 Å². The van der Waals surface area contributed by atoms with Gasteiger partial charge in [-0.1, -0.05) is 0 Å². The van der Waals surface area contributed by atoms with Crippen LogP contribution in [0.15, 0.2) is 0 Å². The second kappa shape index (κ2) is 5.71. The zero-order valence-corrected chi connectivity index (χ0v) is 15.1. The molecule has 1 unspecified atom stereocenters. The van der Waals surface area contributed by atoms with Crippen LogP contribution in [0.1, 0.15) is 61.3 Å². The lowest BCUT2D eigenvalue weighted by atomic mass is 9.68. The number of rotatable bonds is 1. The maximum absolute atomic E-state index is 12.3. The molecule has 1 atom stereocenters. The van der Waals surface area contributed by atoms with E-state index in [1.165, 1.54) is 0 Å². The minimum atomic E-state index is -0.464. The molecule has 0 aromatic heterocycles. The van der Waals surface area contributed by atoms with Crippen LogP contribution in [0.3, 0.4) is 0 Å². The first-order valence-electron chi connectivity index (χ1n) is 8.25. The van der Waals surface area contributed by atoms with Gasteiger partial charge in [-0.05, 0) is 61.3 Å². The van der Waals surface area contributed by atoms with Crippen molar-refractivity contribution in [2.75, 3.05) is 13.1 Å². The monoisotopic (exact) mass is 311 g/mol. The Labute approximate surface area is 134 Å². The van der Waals surface area contributed by atoms with Gasteiger partial charge in [0.1, 0.15) is 5.60 Å². The van der Waals surface area contributed by atoms with Crippen LogP contribution in [0.4, 0.5) is 4.79 Å². The molecule has 2 heterocycles. The number of ether oxygens (including phenoxy) is 1. The van der Waals surface area contributed by atoms with Gasteiger partial charge < -0.3 is 18.9 Å². The van der Waals surface area contributed by atoms with E-state index in [1.807, 2.05) is 20.8 Å². The molecule has 0 aromatic carbocycles. The maximum Gasteiger partial charge on any atom is 0.462 e. The minimum absolute atomic E-state index is 0.197. The summed E-state index contributed by atoms with van der Waals surface area (Å²) in [5.41, 5.74) is -1.12. The number of hydrogen-bond donors (Lipinski definition) is 0. The summed E-state index contributed by atoms with van der Waals surface area (Å²) < 4.78 is 17.7. The fourth-order valence-electron chi connectivity index (χ4n) is 2.81. The standard InChI is InChI=1S/C16H30BNO4/c1-14(2,3)20-13(19)18-10-8-9-12(11-18)17-21-15(4,5)16(6,7)22-17/h12H,8-11H2,1-7H3. The van der Waals surface area contributed by atoms with Crippen molar-refractivity contribution in [1.82, 2.24) is 4.90 Å². The summed E-state index contributed by atoms with van der Waals surface area (Å²) in [6.07, 6.45) is 1.72. The van der Waals surface area contributed by atoms with Gasteiger partial charge in [0.25, 0.3) is 0 Å². The average molecular weight is 311 g/mol. The highest BCUT2D eigenvalue weighted by atomic mass is 16.7. The number of nitrogens with zero attached hydrogens (tertiary/aromatic N) is 1. The Morgan fingerprint density at radius 3 is 2.23 bits per heavy atom. The summed E-state index contributed by atoms with van der Waals surface area (Å²) in [7, 11) is -0.254. The maximum atomic E-state index is 12.3. The molecule has 0 saturated carbocycles. The highest BCUT2D eigenvalue weighted by molar-refractivity contribution is 6.47. The van der Waals surface area contributed by atoms with Crippen LogP contribution in [0.2, 0.25) is 5.82 Å². The van der Waals surface area contributed by atoms with Gasteiger partial charge in [-0.25, -0.2) is 4.79 Å². The lowest BCUT2D eigenvalue weighted by molar-refractivity contribution is 0.00578. The molecule has 1 amide bonds. The van der Waals surface area contributed by atoms with E-state index in [4.69, 9.17) is 14.0 Å². The first kappa shape index (κ1) is 17.6. The molecule has 6 heteroatoms. The Bertz CT molecular complexity index is 414. The Balaban J connectivity index is 1.99. The number of carbonyl (C=O) groups is 1. The molecule has 0 spiro atoms. The van der Waals surface area contributed by atoms with Gasteiger partial charge in [-0.3, -0.25) is 0 Å². The molecule has 2 saturated heterocycles. The summed E-state index contributed by atoms with van der Waals surface area (Å²) in [5.74, 6) is 0.197. The van der Waals surface area contributed by atoms with E-state index in [2.05, 4.69) is 27.7 Å². The summed E-state index contributed by atoms with van der Waals surface area (Å²) in [6, 6.07) is 0. The van der Waals surface area contributed by atoms with Crippen molar-refractivity contribution in [3.63, 3.8) is 0 Å². The van der Waals surface area contributed by atoms with Crippen molar-refractivity contribution < 1.29 is 18.8 Å². The van der Waals surface area contributed by atoms with Gasteiger partial charge in [0.05, 0.1) is 11.2 Å². The number of hydrogen-bond acceptors (Lipinski definition) is 4. The second-order valence-electron chi connectivity index (χ2n) is 8.45. The molecule has 2 fully saturated rings. The number of carbonyl (C=O) groups excluding carboxylic acids is 1. The Morgan fingerprint density at radius 1 is 1.18 bits per heavy atom. The lowest BCUT2D eigenvalue weighted by Crippen LogP contribution is -2.45. The van der Waals surface area contributed by atoms with Gasteiger partial charge >= 0.3 is 13.2 Å². The summed E-state index contributed by atoms with van der Waals surface area (Å²) in [6.45, 7) is 15.3. The summed E-state index contributed by atoms with van der Waals surface area (Å²) in [4.78, 5) is 14.0. The predicted molar refractivity (Wildman–Crippen MR) is 86.9 cm³/mol. The van der Waals surface area contributed by atoms with Gasteiger partial charge in [0.15, 0.2) is 0 Å². The molecular formula is C16H30BNO4. The minimum Gasteiger partial charge on any atom is -0.444 e. The quantitative estimate of drug-likeness (QED) is 0.696. The largest absolute Gasteiger partial charge is 0.462 e. The first-order valence-corrected chi connectivity index (χ1v) is 8.25. The van der Waals surface area contributed by atoms with E-state index < -0.39 is 5.60 Å².